The SMILES string of the molecule is NCCCCC(N)C(=O)NC(CCC(=O)O)C(=O)NC(CO)C(=O)NC(CCCN=C(N)N)C(=O)O. The Morgan fingerprint density at radius 1 is 0.778 bits per heavy atom. The average molecular weight is 519 g/mol. The monoisotopic (exact) mass is 518 g/mol. The highest BCUT2D eigenvalue weighted by atomic mass is 16.4. The molecule has 0 aliphatic carbocycles. The highest BCUT2D eigenvalue weighted by Gasteiger charge is 2.30. The number of aliphatic carboxylic acids is 2. The lowest BCUT2D eigenvalue weighted by Crippen LogP contribution is -2.58. The van der Waals surface area contributed by atoms with Gasteiger partial charge in [0.05, 0.1) is 12.6 Å². The minimum Gasteiger partial charge on any atom is -0.481 e. The van der Waals surface area contributed by atoms with Gasteiger partial charge in [-0.05, 0) is 38.6 Å². The first-order valence-corrected chi connectivity index (χ1v) is 11.4. The van der Waals surface area contributed by atoms with E-state index in [0.29, 0.717) is 19.4 Å². The van der Waals surface area contributed by atoms with E-state index in [0.717, 1.165) is 0 Å². The maximum absolute atomic E-state index is 12.7. The summed E-state index contributed by atoms with van der Waals surface area (Å²) in [4.78, 5) is 63.7. The summed E-state index contributed by atoms with van der Waals surface area (Å²) in [6.45, 7) is -0.348. The molecule has 4 atom stereocenters. The van der Waals surface area contributed by atoms with Crippen molar-refractivity contribution in [2.75, 3.05) is 19.7 Å². The second kappa shape index (κ2) is 17.9. The van der Waals surface area contributed by atoms with Gasteiger partial charge in [0.25, 0.3) is 0 Å². The summed E-state index contributed by atoms with van der Waals surface area (Å²) < 4.78 is 0. The zero-order valence-corrected chi connectivity index (χ0v) is 20.0. The van der Waals surface area contributed by atoms with Crippen molar-refractivity contribution in [1.82, 2.24) is 16.0 Å². The Morgan fingerprint density at radius 2 is 1.36 bits per heavy atom. The number of nitrogens with two attached hydrogens (primary N) is 4. The molecule has 16 nitrogen and oxygen atoms in total. The van der Waals surface area contributed by atoms with Crippen LogP contribution in [0.5, 0.6) is 0 Å². The van der Waals surface area contributed by atoms with Gasteiger partial charge >= 0.3 is 11.9 Å². The van der Waals surface area contributed by atoms with Crippen LogP contribution in [0.1, 0.15) is 44.9 Å². The molecule has 0 aliphatic heterocycles. The Labute approximate surface area is 208 Å². The molecule has 0 saturated heterocycles. The molecule has 0 heterocycles. The van der Waals surface area contributed by atoms with Crippen molar-refractivity contribution < 1.29 is 39.3 Å². The molecule has 0 rings (SSSR count). The number of carbonyl (C=O) groups is 5. The summed E-state index contributed by atoms with van der Waals surface area (Å²) in [5, 5.41) is 34.6. The number of hydrogen-bond acceptors (Lipinski definition) is 9. The molecule has 0 spiro atoms. The number of rotatable bonds is 19. The van der Waals surface area contributed by atoms with Gasteiger partial charge in [0.1, 0.15) is 18.1 Å². The van der Waals surface area contributed by atoms with Crippen molar-refractivity contribution in [3.63, 3.8) is 0 Å². The van der Waals surface area contributed by atoms with Gasteiger partial charge in [-0.2, -0.15) is 0 Å². The first-order chi connectivity index (χ1) is 16.9. The van der Waals surface area contributed by atoms with Gasteiger partial charge in [0, 0.05) is 13.0 Å². The number of aliphatic imine (C=N–C) groups is 1. The van der Waals surface area contributed by atoms with Crippen LogP contribution in [0.25, 0.3) is 0 Å². The van der Waals surface area contributed by atoms with Gasteiger partial charge in [-0.25, -0.2) is 4.79 Å². The van der Waals surface area contributed by atoms with E-state index in [9.17, 15) is 34.2 Å². The van der Waals surface area contributed by atoms with E-state index >= 15 is 0 Å². The predicted octanol–water partition coefficient (Wildman–Crippen LogP) is -4.11. The van der Waals surface area contributed by atoms with Crippen LogP contribution >= 0.6 is 0 Å². The quantitative estimate of drug-likeness (QED) is 0.0443. The zero-order chi connectivity index (χ0) is 27.7. The van der Waals surface area contributed by atoms with Gasteiger partial charge in [-0.1, -0.05) is 6.42 Å². The van der Waals surface area contributed by atoms with E-state index in [2.05, 4.69) is 20.9 Å². The van der Waals surface area contributed by atoms with Crippen LogP contribution in [-0.4, -0.2) is 94.8 Å². The van der Waals surface area contributed by atoms with Crippen LogP contribution in [0.15, 0.2) is 4.99 Å². The summed E-state index contributed by atoms with van der Waals surface area (Å²) in [5.74, 6) is -5.40. The molecular weight excluding hydrogens is 480 g/mol. The third-order valence-electron chi connectivity index (χ3n) is 4.96. The Balaban J connectivity index is 5.21. The Kier molecular flexibility index (Phi) is 16.1. The topological polar surface area (TPSA) is 299 Å². The molecule has 0 saturated carbocycles. The smallest absolute Gasteiger partial charge is 0.326 e. The molecule has 0 aromatic heterocycles. The Morgan fingerprint density at radius 3 is 1.89 bits per heavy atom. The fourth-order valence-electron chi connectivity index (χ4n) is 2.95. The minimum atomic E-state index is -1.57. The number of aliphatic hydroxyl groups is 1. The molecule has 3 amide bonds. The van der Waals surface area contributed by atoms with Crippen molar-refractivity contribution in [3.8, 4) is 0 Å². The van der Waals surface area contributed by atoms with Crippen LogP contribution in [0.3, 0.4) is 0 Å². The fraction of sp³-hybridized carbons (Fsp3) is 0.700. The molecule has 36 heavy (non-hydrogen) atoms. The number of carboxylic acids is 2. The first kappa shape index (κ1) is 32.5. The summed E-state index contributed by atoms with van der Waals surface area (Å²) in [7, 11) is 0. The van der Waals surface area contributed by atoms with E-state index in [1.165, 1.54) is 0 Å². The summed E-state index contributed by atoms with van der Waals surface area (Å²) in [6.07, 6.45) is 0.892. The molecule has 16 heteroatoms. The number of carbonyl (C=O) groups excluding carboxylic acids is 3. The first-order valence-electron chi connectivity index (χ1n) is 11.4. The predicted molar refractivity (Wildman–Crippen MR) is 128 cm³/mol. The van der Waals surface area contributed by atoms with Crippen LogP contribution in [0, 0.1) is 0 Å². The second-order valence-electron chi connectivity index (χ2n) is 7.98. The number of hydrogen-bond donors (Lipinski definition) is 10. The molecule has 14 N–H and O–H groups in total. The molecule has 0 aliphatic rings. The highest BCUT2D eigenvalue weighted by Crippen LogP contribution is 2.04. The molecule has 0 radical (unpaired) electrons. The summed E-state index contributed by atoms with van der Waals surface area (Å²) in [5.41, 5.74) is 21.6. The van der Waals surface area contributed by atoms with Crippen molar-refractivity contribution in [3.05, 3.63) is 0 Å². The fourth-order valence-corrected chi connectivity index (χ4v) is 2.95. The van der Waals surface area contributed by atoms with Crippen molar-refractivity contribution in [2.24, 2.45) is 27.9 Å². The normalized spacial score (nSPS) is 14.0. The lowest BCUT2D eigenvalue weighted by molar-refractivity contribution is -0.142. The van der Waals surface area contributed by atoms with Gasteiger partial charge in [-0.15, -0.1) is 0 Å². The van der Waals surface area contributed by atoms with Crippen LogP contribution in [0.4, 0.5) is 0 Å². The molecule has 0 aromatic carbocycles. The highest BCUT2D eigenvalue weighted by molar-refractivity contribution is 5.94. The van der Waals surface area contributed by atoms with E-state index in [4.69, 9.17) is 28.0 Å². The second-order valence-corrected chi connectivity index (χ2v) is 7.98. The number of guanidine groups is 1. The standard InChI is InChI=1S/C20H38N8O8/c21-8-2-1-4-11(22)16(32)26-12(6-7-15(30)31)17(33)28-14(10-29)18(34)27-13(19(35)36)5-3-9-25-20(23)24/h11-14,29H,1-10,21-22H2,(H,26,32)(H,27,34)(H,28,33)(H,30,31)(H,35,36)(H4,23,24,25). The van der Waals surface area contributed by atoms with E-state index < -0.39 is 66.9 Å². The molecular formula is C20H38N8O8. The number of nitrogens with zero attached hydrogens (tertiary/aromatic N) is 1. The Bertz CT molecular complexity index is 775. The summed E-state index contributed by atoms with van der Waals surface area (Å²) >= 11 is 0. The average Bonchev–Trinajstić information content (AvgIpc) is 2.81. The zero-order valence-electron chi connectivity index (χ0n) is 20.0. The Hall–Kier alpha value is -3.50. The van der Waals surface area contributed by atoms with E-state index in [-0.39, 0.29) is 38.2 Å². The van der Waals surface area contributed by atoms with E-state index in [1.54, 1.807) is 0 Å². The van der Waals surface area contributed by atoms with Gasteiger partial charge in [0.2, 0.25) is 17.7 Å². The van der Waals surface area contributed by atoms with Gasteiger partial charge in [-0.3, -0.25) is 24.2 Å². The number of nitrogens with one attached hydrogen (secondary N) is 3. The molecule has 206 valence electrons. The third kappa shape index (κ3) is 14.0. The summed E-state index contributed by atoms with van der Waals surface area (Å²) in [6, 6.07) is -5.26. The molecule has 4 unspecified atom stereocenters. The third-order valence-corrected chi connectivity index (χ3v) is 4.96. The number of unbranched alkanes of at least 4 members (excludes halogenated alkanes) is 1. The van der Waals surface area contributed by atoms with E-state index in [1.807, 2.05) is 0 Å². The maximum atomic E-state index is 12.7. The largest absolute Gasteiger partial charge is 0.481 e. The molecule has 0 aromatic rings. The van der Waals surface area contributed by atoms with Crippen LogP contribution < -0.4 is 38.9 Å². The number of aliphatic hydroxyl groups excluding tert-OH is 1. The number of amides is 3. The van der Waals surface area contributed by atoms with Gasteiger partial charge in [0.15, 0.2) is 5.96 Å². The maximum Gasteiger partial charge on any atom is 0.326 e. The van der Waals surface area contributed by atoms with Crippen molar-refractivity contribution in [1.29, 1.82) is 0 Å². The van der Waals surface area contributed by atoms with Gasteiger partial charge < -0.3 is 54.2 Å². The number of carboxylic acid groups (broad SMARTS) is 2. The van der Waals surface area contributed by atoms with Crippen LogP contribution in [-0.2, 0) is 24.0 Å². The van der Waals surface area contributed by atoms with Crippen molar-refractivity contribution >= 4 is 35.6 Å². The minimum absolute atomic E-state index is 0.0384. The van der Waals surface area contributed by atoms with Crippen LogP contribution in [0.2, 0.25) is 0 Å². The molecule has 0 bridgehead atoms. The lowest BCUT2D eigenvalue weighted by Gasteiger charge is -2.24. The van der Waals surface area contributed by atoms with Crippen molar-refractivity contribution in [2.45, 2.75) is 69.1 Å². The lowest BCUT2D eigenvalue weighted by atomic mass is 10.1. The molecule has 0 fully saturated rings.